The molecular formula is C16H19ClOSi. The minimum absolute atomic E-state index is 0.550. The van der Waals surface area contributed by atoms with Crippen molar-refractivity contribution in [2.24, 2.45) is 0 Å². The minimum Gasteiger partial charge on any atom is -0.383 e. The van der Waals surface area contributed by atoms with Crippen LogP contribution in [0.4, 0.5) is 0 Å². The summed E-state index contributed by atoms with van der Waals surface area (Å²) in [7, 11) is -1.82. The van der Waals surface area contributed by atoms with Crippen LogP contribution in [-0.2, 0) is 4.74 Å². The van der Waals surface area contributed by atoms with Crippen molar-refractivity contribution in [3.63, 3.8) is 0 Å². The molecule has 0 heterocycles. The second-order valence-electron chi connectivity index (χ2n) is 4.81. The van der Waals surface area contributed by atoms with Crippen LogP contribution < -0.4 is 10.4 Å². The maximum absolute atomic E-state index is 5.79. The molecule has 0 unspecified atom stereocenters. The zero-order chi connectivity index (χ0) is 13.6. The van der Waals surface area contributed by atoms with E-state index in [2.05, 4.69) is 67.2 Å². The molecule has 0 aromatic heterocycles. The average molecular weight is 291 g/mol. The number of alkyl halides is 1. The van der Waals surface area contributed by atoms with E-state index in [0.29, 0.717) is 12.5 Å². The lowest BCUT2D eigenvalue weighted by molar-refractivity contribution is 0.192. The quantitative estimate of drug-likeness (QED) is 0.451. The summed E-state index contributed by atoms with van der Waals surface area (Å²) in [6.45, 7) is 2.97. The summed E-state index contributed by atoms with van der Waals surface area (Å²) < 4.78 is 5.79. The Labute approximate surface area is 121 Å². The summed E-state index contributed by atoms with van der Waals surface area (Å²) in [5.41, 5.74) is 0. The van der Waals surface area contributed by atoms with Crippen molar-refractivity contribution < 1.29 is 4.74 Å². The summed E-state index contributed by atoms with van der Waals surface area (Å²) in [6.07, 6.45) is 0.772. The molecule has 0 saturated heterocycles. The normalized spacial score (nSPS) is 11.5. The van der Waals surface area contributed by atoms with Crippen molar-refractivity contribution in [3.05, 3.63) is 60.7 Å². The van der Waals surface area contributed by atoms with Gasteiger partial charge in [-0.3, -0.25) is 0 Å². The van der Waals surface area contributed by atoms with Gasteiger partial charge in [-0.15, -0.1) is 11.6 Å². The molecule has 0 atom stereocenters. The van der Waals surface area contributed by atoms with E-state index in [1.54, 1.807) is 0 Å². The Morgan fingerprint density at radius 3 is 1.79 bits per heavy atom. The maximum atomic E-state index is 5.79. The first kappa shape index (κ1) is 14.3. The second kappa shape index (κ2) is 6.90. The van der Waals surface area contributed by atoms with Crippen LogP contribution in [0.15, 0.2) is 60.7 Å². The first-order valence-corrected chi connectivity index (χ1v) is 9.76. The van der Waals surface area contributed by atoms with Crippen LogP contribution in [0.2, 0.25) is 6.55 Å². The van der Waals surface area contributed by atoms with Crippen molar-refractivity contribution in [1.29, 1.82) is 0 Å². The van der Waals surface area contributed by atoms with Crippen LogP contribution in [0.25, 0.3) is 0 Å². The molecule has 2 rings (SSSR count). The Bertz CT molecular complexity index is 447. The fourth-order valence-corrected chi connectivity index (χ4v) is 5.46. The van der Waals surface area contributed by atoms with Gasteiger partial charge in [0.15, 0.2) is 0 Å². The zero-order valence-electron chi connectivity index (χ0n) is 11.2. The van der Waals surface area contributed by atoms with Crippen molar-refractivity contribution in [3.8, 4) is 0 Å². The number of hydrogen-bond acceptors (Lipinski definition) is 1. The largest absolute Gasteiger partial charge is 0.383 e. The molecular weight excluding hydrogens is 272 g/mol. The van der Waals surface area contributed by atoms with E-state index in [1.165, 1.54) is 10.4 Å². The topological polar surface area (TPSA) is 9.23 Å². The molecule has 0 aliphatic heterocycles. The minimum atomic E-state index is -1.82. The van der Waals surface area contributed by atoms with Gasteiger partial charge in [-0.2, -0.15) is 0 Å². The smallest absolute Gasteiger partial charge is 0.142 e. The average Bonchev–Trinajstić information content (AvgIpc) is 2.49. The molecule has 1 nitrogen and oxygen atoms in total. The first-order chi connectivity index (χ1) is 9.27. The molecule has 3 heteroatoms. The van der Waals surface area contributed by atoms with E-state index in [1.807, 2.05) is 0 Å². The SMILES string of the molecule is C[Si](COCCCl)(c1ccccc1)c1ccccc1. The van der Waals surface area contributed by atoms with Crippen molar-refractivity contribution in [1.82, 2.24) is 0 Å². The van der Waals surface area contributed by atoms with Crippen LogP contribution in [0.5, 0.6) is 0 Å². The predicted molar refractivity (Wildman–Crippen MR) is 85.3 cm³/mol. The van der Waals surface area contributed by atoms with Gasteiger partial charge in [0, 0.05) is 12.1 Å². The second-order valence-corrected chi connectivity index (χ2v) is 9.29. The standard InChI is InChI=1S/C16H19ClOSi/c1-19(14-18-13-12-17,15-8-4-2-5-9-15)16-10-6-3-7-11-16/h2-11H,12-14H2,1H3. The fraction of sp³-hybridized carbons (Fsp3) is 0.250. The number of benzene rings is 2. The molecule has 0 saturated carbocycles. The maximum Gasteiger partial charge on any atom is 0.142 e. The zero-order valence-corrected chi connectivity index (χ0v) is 12.9. The molecule has 100 valence electrons. The Hall–Kier alpha value is -1.09. The lowest BCUT2D eigenvalue weighted by Crippen LogP contribution is -2.59. The van der Waals surface area contributed by atoms with E-state index >= 15 is 0 Å². The van der Waals surface area contributed by atoms with Gasteiger partial charge in [0.05, 0.1) is 6.61 Å². The van der Waals surface area contributed by atoms with Crippen LogP contribution in [0, 0.1) is 0 Å². The number of ether oxygens (including phenoxy) is 1. The van der Waals surface area contributed by atoms with E-state index in [0.717, 1.165) is 6.23 Å². The molecule has 0 bridgehead atoms. The molecule has 2 aromatic rings. The van der Waals surface area contributed by atoms with Gasteiger partial charge >= 0.3 is 0 Å². The van der Waals surface area contributed by atoms with E-state index in [4.69, 9.17) is 16.3 Å². The molecule has 0 aliphatic rings. The van der Waals surface area contributed by atoms with Gasteiger partial charge in [-0.1, -0.05) is 77.6 Å². The number of rotatable bonds is 6. The van der Waals surface area contributed by atoms with Crippen LogP contribution in [0.1, 0.15) is 0 Å². The Morgan fingerprint density at radius 2 is 1.37 bits per heavy atom. The predicted octanol–water partition coefficient (Wildman–Crippen LogP) is 2.67. The summed E-state index contributed by atoms with van der Waals surface area (Å²) in [5, 5.41) is 2.80. The van der Waals surface area contributed by atoms with Gasteiger partial charge in [0.25, 0.3) is 0 Å². The van der Waals surface area contributed by atoms with Crippen molar-refractivity contribution in [2.45, 2.75) is 6.55 Å². The van der Waals surface area contributed by atoms with Crippen LogP contribution in [-0.4, -0.2) is 26.8 Å². The molecule has 0 N–H and O–H groups in total. The summed E-state index contributed by atoms with van der Waals surface area (Å²) in [4.78, 5) is 0. The monoisotopic (exact) mass is 290 g/mol. The van der Waals surface area contributed by atoms with Crippen molar-refractivity contribution >= 4 is 30.0 Å². The summed E-state index contributed by atoms with van der Waals surface area (Å²) in [5.74, 6) is 0.550. The van der Waals surface area contributed by atoms with E-state index < -0.39 is 8.07 Å². The fourth-order valence-electron chi connectivity index (χ4n) is 2.28. The van der Waals surface area contributed by atoms with Crippen LogP contribution in [0.3, 0.4) is 0 Å². The highest BCUT2D eigenvalue weighted by Crippen LogP contribution is 2.06. The lowest BCUT2D eigenvalue weighted by Gasteiger charge is -2.28. The number of halogens is 1. The number of hydrogen-bond donors (Lipinski definition) is 0. The third kappa shape index (κ3) is 3.47. The third-order valence-electron chi connectivity index (χ3n) is 3.43. The third-order valence-corrected chi connectivity index (χ3v) is 7.59. The summed E-state index contributed by atoms with van der Waals surface area (Å²) >= 11 is 5.71. The van der Waals surface area contributed by atoms with Gasteiger partial charge < -0.3 is 4.74 Å². The molecule has 0 spiro atoms. The molecule has 2 aromatic carbocycles. The first-order valence-electron chi connectivity index (χ1n) is 6.52. The highest BCUT2D eigenvalue weighted by molar-refractivity contribution is 7.01. The molecule has 0 fully saturated rings. The van der Waals surface area contributed by atoms with Gasteiger partial charge in [0.1, 0.15) is 8.07 Å². The Balaban J connectivity index is 2.33. The van der Waals surface area contributed by atoms with Gasteiger partial charge in [-0.25, -0.2) is 0 Å². The highest BCUT2D eigenvalue weighted by Gasteiger charge is 2.31. The molecule has 0 radical (unpaired) electrons. The van der Waals surface area contributed by atoms with Crippen molar-refractivity contribution in [2.75, 3.05) is 18.7 Å². The molecule has 0 aliphatic carbocycles. The molecule has 0 amide bonds. The highest BCUT2D eigenvalue weighted by atomic mass is 35.5. The Kier molecular flexibility index (Phi) is 5.20. The molecule has 19 heavy (non-hydrogen) atoms. The van der Waals surface area contributed by atoms with Gasteiger partial charge in [0.2, 0.25) is 0 Å². The van der Waals surface area contributed by atoms with E-state index in [-0.39, 0.29) is 0 Å². The van der Waals surface area contributed by atoms with Crippen LogP contribution >= 0.6 is 11.6 Å². The van der Waals surface area contributed by atoms with E-state index in [9.17, 15) is 0 Å². The lowest BCUT2D eigenvalue weighted by atomic mass is 10.4. The summed E-state index contributed by atoms with van der Waals surface area (Å²) in [6, 6.07) is 21.4. The van der Waals surface area contributed by atoms with Gasteiger partial charge in [-0.05, 0) is 0 Å². The Morgan fingerprint density at radius 1 is 0.895 bits per heavy atom.